The van der Waals surface area contributed by atoms with Crippen molar-refractivity contribution in [3.05, 3.63) is 23.5 Å². The molecule has 1 aromatic rings. The van der Waals surface area contributed by atoms with Crippen LogP contribution in [0, 0.1) is 0 Å². The highest BCUT2D eigenvalue weighted by molar-refractivity contribution is 6.32. The van der Waals surface area contributed by atoms with E-state index in [0.29, 0.717) is 18.7 Å². The lowest BCUT2D eigenvalue weighted by molar-refractivity contribution is -0.116. The summed E-state index contributed by atoms with van der Waals surface area (Å²) in [5.41, 5.74) is 0.435. The van der Waals surface area contributed by atoms with Gasteiger partial charge in [0.2, 0.25) is 0 Å². The lowest BCUT2D eigenvalue weighted by Crippen LogP contribution is -2.30. The predicted octanol–water partition coefficient (Wildman–Crippen LogP) is 1.84. The lowest BCUT2D eigenvalue weighted by Gasteiger charge is -2.07. The van der Waals surface area contributed by atoms with Gasteiger partial charge in [0.1, 0.15) is 5.78 Å². The maximum atomic E-state index is 11.3. The maximum Gasteiger partial charge on any atom is 0.319 e. The fourth-order valence-corrected chi connectivity index (χ4v) is 1.16. The van der Waals surface area contributed by atoms with Crippen molar-refractivity contribution in [1.82, 2.24) is 10.3 Å². The van der Waals surface area contributed by atoms with Gasteiger partial charge in [0.05, 0.1) is 5.69 Å². The second kappa shape index (κ2) is 6.07. The number of amides is 2. The highest BCUT2D eigenvalue weighted by Gasteiger charge is 2.05. The molecule has 6 heteroatoms. The van der Waals surface area contributed by atoms with Crippen LogP contribution >= 0.6 is 11.6 Å². The average molecular weight is 242 g/mol. The molecule has 0 bridgehead atoms. The van der Waals surface area contributed by atoms with Gasteiger partial charge in [0, 0.05) is 19.2 Å². The number of Topliss-reactive ketones (excluding diaryl/α,β-unsaturated/α-hetero) is 1. The van der Waals surface area contributed by atoms with Gasteiger partial charge in [-0.25, -0.2) is 9.78 Å². The van der Waals surface area contributed by atoms with Crippen molar-refractivity contribution in [2.75, 3.05) is 11.9 Å². The number of anilines is 1. The molecule has 0 radical (unpaired) electrons. The first-order valence-corrected chi connectivity index (χ1v) is 5.12. The van der Waals surface area contributed by atoms with E-state index in [1.54, 1.807) is 12.1 Å². The number of pyridine rings is 1. The smallest absolute Gasteiger partial charge is 0.319 e. The van der Waals surface area contributed by atoms with E-state index >= 15 is 0 Å². The second-order valence-electron chi connectivity index (χ2n) is 3.17. The number of rotatable bonds is 4. The summed E-state index contributed by atoms with van der Waals surface area (Å²) in [6, 6.07) is 2.90. The number of halogens is 1. The van der Waals surface area contributed by atoms with Crippen LogP contribution in [0.25, 0.3) is 0 Å². The molecule has 0 fully saturated rings. The third-order valence-corrected chi connectivity index (χ3v) is 2.07. The lowest BCUT2D eigenvalue weighted by atomic mass is 10.3. The highest BCUT2D eigenvalue weighted by Crippen LogP contribution is 2.16. The molecule has 16 heavy (non-hydrogen) atoms. The van der Waals surface area contributed by atoms with Gasteiger partial charge in [0.15, 0.2) is 5.15 Å². The Labute approximate surface area is 98.2 Å². The van der Waals surface area contributed by atoms with Crippen LogP contribution in [0.15, 0.2) is 18.3 Å². The van der Waals surface area contributed by atoms with Gasteiger partial charge in [-0.3, -0.25) is 4.79 Å². The number of carbonyl (C=O) groups is 2. The van der Waals surface area contributed by atoms with Crippen molar-refractivity contribution in [2.45, 2.75) is 13.3 Å². The first-order valence-electron chi connectivity index (χ1n) is 4.74. The Morgan fingerprint density at radius 2 is 2.25 bits per heavy atom. The van der Waals surface area contributed by atoms with E-state index in [2.05, 4.69) is 15.6 Å². The summed E-state index contributed by atoms with van der Waals surface area (Å²) in [5.74, 6) is 0.0275. The SMILES string of the molecule is CC(=O)CCNC(=O)Nc1cccnc1Cl. The number of carbonyl (C=O) groups excluding carboxylic acids is 2. The van der Waals surface area contributed by atoms with Crippen LogP contribution in [0.2, 0.25) is 5.15 Å². The molecule has 0 aliphatic heterocycles. The van der Waals surface area contributed by atoms with Crippen LogP contribution in [0.3, 0.4) is 0 Å². The van der Waals surface area contributed by atoms with E-state index in [0.717, 1.165) is 0 Å². The number of hydrogen-bond donors (Lipinski definition) is 2. The number of hydrogen-bond acceptors (Lipinski definition) is 3. The molecule has 0 atom stereocenters. The number of ketones is 1. The highest BCUT2D eigenvalue weighted by atomic mass is 35.5. The monoisotopic (exact) mass is 241 g/mol. The number of nitrogens with zero attached hydrogens (tertiary/aromatic N) is 1. The van der Waals surface area contributed by atoms with E-state index < -0.39 is 6.03 Å². The van der Waals surface area contributed by atoms with Crippen LogP contribution in [-0.4, -0.2) is 23.3 Å². The summed E-state index contributed by atoms with van der Waals surface area (Å²) in [7, 11) is 0. The first-order chi connectivity index (χ1) is 7.59. The van der Waals surface area contributed by atoms with Crippen molar-refractivity contribution in [1.29, 1.82) is 0 Å². The first kappa shape index (κ1) is 12.4. The number of aromatic nitrogens is 1. The maximum absolute atomic E-state index is 11.3. The molecular formula is C10H12ClN3O2. The third-order valence-electron chi connectivity index (χ3n) is 1.77. The van der Waals surface area contributed by atoms with E-state index in [1.807, 2.05) is 0 Å². The summed E-state index contributed by atoms with van der Waals surface area (Å²) in [4.78, 5) is 25.8. The molecule has 2 amide bonds. The standard InChI is InChI=1S/C10H12ClN3O2/c1-7(15)4-6-13-10(16)14-8-3-2-5-12-9(8)11/h2-3,5H,4,6H2,1H3,(H2,13,14,16). The van der Waals surface area contributed by atoms with Gasteiger partial charge in [0.25, 0.3) is 0 Å². The molecular weight excluding hydrogens is 230 g/mol. The van der Waals surface area contributed by atoms with E-state index in [-0.39, 0.29) is 10.9 Å². The zero-order valence-corrected chi connectivity index (χ0v) is 9.54. The number of nitrogens with one attached hydrogen (secondary N) is 2. The minimum Gasteiger partial charge on any atom is -0.337 e. The van der Waals surface area contributed by atoms with E-state index in [1.165, 1.54) is 13.1 Å². The quantitative estimate of drug-likeness (QED) is 0.790. The van der Waals surface area contributed by atoms with Gasteiger partial charge in [-0.1, -0.05) is 11.6 Å². The zero-order valence-electron chi connectivity index (χ0n) is 8.79. The average Bonchev–Trinajstić information content (AvgIpc) is 2.21. The van der Waals surface area contributed by atoms with Crippen molar-refractivity contribution in [3.8, 4) is 0 Å². The van der Waals surface area contributed by atoms with Crippen LogP contribution in [0.4, 0.5) is 10.5 Å². The van der Waals surface area contributed by atoms with Crippen molar-refractivity contribution < 1.29 is 9.59 Å². The van der Waals surface area contributed by atoms with Crippen molar-refractivity contribution in [3.63, 3.8) is 0 Å². The summed E-state index contributed by atoms with van der Waals surface area (Å²) in [6.45, 7) is 1.77. The fourth-order valence-electron chi connectivity index (χ4n) is 0.998. The predicted molar refractivity (Wildman–Crippen MR) is 61.6 cm³/mol. The van der Waals surface area contributed by atoms with Crippen LogP contribution in [-0.2, 0) is 4.79 Å². The van der Waals surface area contributed by atoms with Gasteiger partial charge < -0.3 is 10.6 Å². The number of urea groups is 1. The Hall–Kier alpha value is -1.62. The molecule has 0 saturated heterocycles. The minimum atomic E-state index is -0.406. The molecule has 1 rings (SSSR count). The molecule has 86 valence electrons. The Morgan fingerprint density at radius 1 is 1.50 bits per heavy atom. The van der Waals surface area contributed by atoms with Crippen LogP contribution < -0.4 is 10.6 Å². The molecule has 0 spiro atoms. The zero-order chi connectivity index (χ0) is 12.0. The molecule has 1 aromatic heterocycles. The van der Waals surface area contributed by atoms with Crippen LogP contribution in [0.5, 0.6) is 0 Å². The van der Waals surface area contributed by atoms with E-state index in [9.17, 15) is 9.59 Å². The normalized spacial score (nSPS) is 9.62. The molecule has 0 aliphatic rings. The fraction of sp³-hybridized carbons (Fsp3) is 0.300. The summed E-state index contributed by atoms with van der Waals surface area (Å²) >= 11 is 5.75. The van der Waals surface area contributed by atoms with Gasteiger partial charge >= 0.3 is 6.03 Å². The molecule has 2 N–H and O–H groups in total. The molecule has 1 heterocycles. The minimum absolute atomic E-state index is 0.0275. The van der Waals surface area contributed by atoms with E-state index in [4.69, 9.17) is 11.6 Å². The Balaban J connectivity index is 2.40. The Kier molecular flexibility index (Phi) is 4.72. The Bertz CT molecular complexity index is 395. The molecule has 5 nitrogen and oxygen atoms in total. The summed E-state index contributed by atoms with van der Waals surface area (Å²) in [6.07, 6.45) is 1.84. The van der Waals surface area contributed by atoms with Crippen molar-refractivity contribution >= 4 is 29.1 Å². The van der Waals surface area contributed by atoms with Gasteiger partial charge in [-0.05, 0) is 19.1 Å². The summed E-state index contributed by atoms with van der Waals surface area (Å²) < 4.78 is 0. The topological polar surface area (TPSA) is 71.1 Å². The molecule has 0 unspecified atom stereocenters. The van der Waals surface area contributed by atoms with Gasteiger partial charge in [-0.15, -0.1) is 0 Å². The third kappa shape index (κ3) is 4.27. The molecule has 0 aliphatic carbocycles. The van der Waals surface area contributed by atoms with Gasteiger partial charge in [-0.2, -0.15) is 0 Å². The second-order valence-corrected chi connectivity index (χ2v) is 3.53. The van der Waals surface area contributed by atoms with Crippen molar-refractivity contribution in [2.24, 2.45) is 0 Å². The molecule has 0 saturated carbocycles. The Morgan fingerprint density at radius 3 is 2.88 bits per heavy atom. The van der Waals surface area contributed by atoms with Crippen LogP contribution in [0.1, 0.15) is 13.3 Å². The largest absolute Gasteiger partial charge is 0.337 e. The molecule has 0 aromatic carbocycles. The summed E-state index contributed by atoms with van der Waals surface area (Å²) in [5, 5.41) is 5.29.